The Morgan fingerprint density at radius 3 is 2.18 bits per heavy atom. The van der Waals surface area contributed by atoms with Crippen molar-refractivity contribution in [3.63, 3.8) is 0 Å². The summed E-state index contributed by atoms with van der Waals surface area (Å²) in [5, 5.41) is 3.47. The summed E-state index contributed by atoms with van der Waals surface area (Å²) in [4.78, 5) is 0. The molecule has 1 saturated heterocycles. The summed E-state index contributed by atoms with van der Waals surface area (Å²) in [7, 11) is 0. The normalized spacial score (nSPS) is 18.2. The SMILES string of the molecule is Cc1cccc(C)c1CC1(CC(C)C)CNC1. The van der Waals surface area contributed by atoms with Crippen molar-refractivity contribution < 1.29 is 0 Å². The number of rotatable bonds is 4. The first kappa shape index (κ1) is 12.6. The van der Waals surface area contributed by atoms with Gasteiger partial charge in [0.25, 0.3) is 0 Å². The van der Waals surface area contributed by atoms with E-state index in [2.05, 4.69) is 51.2 Å². The van der Waals surface area contributed by atoms with E-state index in [-0.39, 0.29) is 0 Å². The Kier molecular flexibility index (Phi) is 3.58. The molecular formula is C16H25N. The van der Waals surface area contributed by atoms with Crippen LogP contribution in [0.3, 0.4) is 0 Å². The van der Waals surface area contributed by atoms with Crippen molar-refractivity contribution in [2.75, 3.05) is 13.1 Å². The summed E-state index contributed by atoms with van der Waals surface area (Å²) >= 11 is 0. The van der Waals surface area contributed by atoms with Gasteiger partial charge in [-0.15, -0.1) is 0 Å². The largest absolute Gasteiger partial charge is 0.316 e. The molecule has 0 aromatic heterocycles. The maximum atomic E-state index is 3.47. The van der Waals surface area contributed by atoms with Crippen LogP contribution in [0.15, 0.2) is 18.2 Å². The summed E-state index contributed by atoms with van der Waals surface area (Å²) < 4.78 is 0. The lowest BCUT2D eigenvalue weighted by molar-refractivity contribution is 0.130. The van der Waals surface area contributed by atoms with Gasteiger partial charge in [-0.1, -0.05) is 32.0 Å². The minimum absolute atomic E-state index is 0.519. The van der Waals surface area contributed by atoms with E-state index in [0.717, 1.165) is 5.92 Å². The van der Waals surface area contributed by atoms with Gasteiger partial charge in [0.05, 0.1) is 0 Å². The summed E-state index contributed by atoms with van der Waals surface area (Å²) in [6, 6.07) is 6.66. The molecule has 0 unspecified atom stereocenters. The monoisotopic (exact) mass is 231 g/mol. The Balaban J connectivity index is 2.18. The van der Waals surface area contributed by atoms with E-state index < -0.39 is 0 Å². The maximum absolute atomic E-state index is 3.47. The van der Waals surface area contributed by atoms with Gasteiger partial charge < -0.3 is 5.32 Å². The van der Waals surface area contributed by atoms with Gasteiger partial charge in [-0.05, 0) is 54.7 Å². The van der Waals surface area contributed by atoms with Gasteiger partial charge in [-0.25, -0.2) is 0 Å². The van der Waals surface area contributed by atoms with Crippen LogP contribution in [0.25, 0.3) is 0 Å². The lowest BCUT2D eigenvalue weighted by Crippen LogP contribution is -2.55. The Labute approximate surface area is 106 Å². The highest BCUT2D eigenvalue weighted by Gasteiger charge is 2.37. The first-order valence-corrected chi connectivity index (χ1v) is 6.78. The second-order valence-electron chi connectivity index (χ2n) is 6.25. The third kappa shape index (κ3) is 2.71. The van der Waals surface area contributed by atoms with Gasteiger partial charge in [0, 0.05) is 13.1 Å². The minimum Gasteiger partial charge on any atom is -0.316 e. The zero-order valence-electron chi connectivity index (χ0n) is 11.6. The van der Waals surface area contributed by atoms with Crippen molar-refractivity contribution in [3.05, 3.63) is 34.9 Å². The van der Waals surface area contributed by atoms with E-state index in [4.69, 9.17) is 0 Å². The highest BCUT2D eigenvalue weighted by atomic mass is 15.0. The van der Waals surface area contributed by atoms with E-state index in [0.29, 0.717) is 5.41 Å². The molecule has 0 aliphatic carbocycles. The lowest BCUT2D eigenvalue weighted by Gasteiger charge is -2.45. The van der Waals surface area contributed by atoms with Crippen LogP contribution >= 0.6 is 0 Å². The molecule has 0 bridgehead atoms. The van der Waals surface area contributed by atoms with Gasteiger partial charge in [0.2, 0.25) is 0 Å². The maximum Gasteiger partial charge on any atom is 0.00235 e. The molecule has 0 amide bonds. The summed E-state index contributed by atoms with van der Waals surface area (Å²) in [6.07, 6.45) is 2.59. The summed E-state index contributed by atoms with van der Waals surface area (Å²) in [5.41, 5.74) is 5.01. The third-order valence-corrected chi connectivity index (χ3v) is 4.04. The molecule has 0 radical (unpaired) electrons. The molecule has 0 atom stereocenters. The Morgan fingerprint density at radius 2 is 1.76 bits per heavy atom. The fourth-order valence-electron chi connectivity index (χ4n) is 3.19. The van der Waals surface area contributed by atoms with Gasteiger partial charge in [-0.2, -0.15) is 0 Å². The van der Waals surface area contributed by atoms with Gasteiger partial charge in [-0.3, -0.25) is 0 Å². The minimum atomic E-state index is 0.519. The molecule has 1 aliphatic rings. The van der Waals surface area contributed by atoms with Crippen LogP contribution in [0.2, 0.25) is 0 Å². The molecule has 1 aromatic carbocycles. The average molecular weight is 231 g/mol. The highest BCUT2D eigenvalue weighted by molar-refractivity contribution is 5.35. The zero-order chi connectivity index (χ0) is 12.5. The lowest BCUT2D eigenvalue weighted by atomic mass is 9.70. The highest BCUT2D eigenvalue weighted by Crippen LogP contribution is 2.36. The van der Waals surface area contributed by atoms with Crippen molar-refractivity contribution >= 4 is 0 Å². The Morgan fingerprint density at radius 1 is 1.18 bits per heavy atom. The fraction of sp³-hybridized carbons (Fsp3) is 0.625. The van der Waals surface area contributed by atoms with Crippen molar-refractivity contribution in [3.8, 4) is 0 Å². The molecule has 1 aliphatic heterocycles. The zero-order valence-corrected chi connectivity index (χ0v) is 11.6. The average Bonchev–Trinajstić information content (AvgIpc) is 2.19. The number of hydrogen-bond acceptors (Lipinski definition) is 1. The molecule has 1 nitrogen and oxygen atoms in total. The standard InChI is InChI=1S/C16H25N/c1-12(2)8-16(10-17-11-16)9-15-13(3)6-5-7-14(15)4/h5-7,12,17H,8-11H2,1-4H3. The van der Waals surface area contributed by atoms with Crippen LogP contribution < -0.4 is 5.32 Å². The first-order valence-electron chi connectivity index (χ1n) is 6.78. The van der Waals surface area contributed by atoms with E-state index in [1.807, 2.05) is 0 Å². The number of aryl methyl sites for hydroxylation is 2. The predicted octanol–water partition coefficient (Wildman–Crippen LogP) is 3.48. The van der Waals surface area contributed by atoms with Crippen molar-refractivity contribution in [1.29, 1.82) is 0 Å². The van der Waals surface area contributed by atoms with Crippen LogP contribution in [-0.2, 0) is 6.42 Å². The van der Waals surface area contributed by atoms with E-state index in [1.54, 1.807) is 5.56 Å². The van der Waals surface area contributed by atoms with Crippen LogP contribution in [0.1, 0.15) is 37.0 Å². The molecule has 94 valence electrons. The quantitative estimate of drug-likeness (QED) is 0.836. The number of hydrogen-bond donors (Lipinski definition) is 1. The smallest absolute Gasteiger partial charge is 0.00235 e. The van der Waals surface area contributed by atoms with Gasteiger partial charge in [0.1, 0.15) is 0 Å². The van der Waals surface area contributed by atoms with Crippen molar-refractivity contribution in [2.24, 2.45) is 11.3 Å². The molecule has 0 spiro atoms. The predicted molar refractivity (Wildman–Crippen MR) is 74.4 cm³/mol. The molecule has 1 N–H and O–H groups in total. The Hall–Kier alpha value is -0.820. The summed E-state index contributed by atoms with van der Waals surface area (Å²) in [5.74, 6) is 0.793. The van der Waals surface area contributed by atoms with E-state index in [1.165, 1.54) is 37.1 Å². The van der Waals surface area contributed by atoms with Crippen molar-refractivity contribution in [1.82, 2.24) is 5.32 Å². The first-order chi connectivity index (χ1) is 8.02. The number of nitrogens with one attached hydrogen (secondary N) is 1. The summed E-state index contributed by atoms with van der Waals surface area (Å²) in [6.45, 7) is 11.6. The van der Waals surface area contributed by atoms with Crippen LogP contribution in [-0.4, -0.2) is 13.1 Å². The Bertz CT molecular complexity index is 368. The second-order valence-corrected chi connectivity index (χ2v) is 6.25. The molecule has 0 saturated carbocycles. The second kappa shape index (κ2) is 4.81. The van der Waals surface area contributed by atoms with Crippen molar-refractivity contribution in [2.45, 2.75) is 40.5 Å². The number of benzene rings is 1. The fourth-order valence-corrected chi connectivity index (χ4v) is 3.19. The van der Waals surface area contributed by atoms with Crippen LogP contribution in [0.5, 0.6) is 0 Å². The van der Waals surface area contributed by atoms with Gasteiger partial charge >= 0.3 is 0 Å². The van der Waals surface area contributed by atoms with Crippen LogP contribution in [0, 0.1) is 25.2 Å². The van der Waals surface area contributed by atoms with Crippen LogP contribution in [0.4, 0.5) is 0 Å². The third-order valence-electron chi connectivity index (χ3n) is 4.04. The van der Waals surface area contributed by atoms with Gasteiger partial charge in [0.15, 0.2) is 0 Å². The molecule has 2 rings (SSSR count). The molecular weight excluding hydrogens is 206 g/mol. The van der Waals surface area contributed by atoms with E-state index >= 15 is 0 Å². The molecule has 1 heteroatoms. The topological polar surface area (TPSA) is 12.0 Å². The molecule has 1 heterocycles. The molecule has 17 heavy (non-hydrogen) atoms. The molecule has 1 aromatic rings. The van der Waals surface area contributed by atoms with E-state index in [9.17, 15) is 0 Å². The molecule has 1 fully saturated rings.